The van der Waals surface area contributed by atoms with E-state index in [-0.39, 0.29) is 0 Å². The highest BCUT2D eigenvalue weighted by molar-refractivity contribution is 5.79. The lowest BCUT2D eigenvalue weighted by Gasteiger charge is -2.24. The number of methoxy groups -OCH3 is 2. The second-order valence-electron chi connectivity index (χ2n) is 8.88. The standard InChI is InChI=1S/C18H25NO3.C9H7NO/c1-12-8-14-11-18(20)19(15(14)9-12)7-6-13-4-5-16(21-2)17(10-13)22-3;1-2-4-8(5-3-1)9-6-7-10-11-9/h4-5,10,12,14-15H,6-9,11H2,1-3H3;1-7H/t12-,14-,15?;/m1./s1. The van der Waals surface area contributed by atoms with E-state index in [0.29, 0.717) is 17.9 Å². The molecule has 2 fully saturated rings. The number of likely N-dealkylation sites (tertiary alicyclic amines) is 1. The van der Waals surface area contributed by atoms with Crippen molar-refractivity contribution in [2.75, 3.05) is 20.8 Å². The smallest absolute Gasteiger partial charge is 0.223 e. The van der Waals surface area contributed by atoms with Crippen molar-refractivity contribution in [2.24, 2.45) is 11.8 Å². The summed E-state index contributed by atoms with van der Waals surface area (Å²) in [4.78, 5) is 14.3. The summed E-state index contributed by atoms with van der Waals surface area (Å²) >= 11 is 0. The summed E-state index contributed by atoms with van der Waals surface area (Å²) in [5.74, 6) is 3.99. The zero-order valence-corrected chi connectivity index (χ0v) is 19.6. The number of nitrogens with zero attached hydrogens (tertiary/aromatic N) is 2. The Morgan fingerprint density at radius 3 is 2.52 bits per heavy atom. The molecule has 1 unspecified atom stereocenters. The molecule has 0 N–H and O–H groups in total. The number of ether oxygens (including phenoxy) is 2. The number of fused-ring (bicyclic) bond motifs is 1. The molecule has 1 aliphatic heterocycles. The second kappa shape index (κ2) is 10.6. The van der Waals surface area contributed by atoms with E-state index in [9.17, 15) is 4.79 Å². The fraction of sp³-hybridized carbons (Fsp3) is 0.407. The van der Waals surface area contributed by atoms with Gasteiger partial charge in [0.05, 0.1) is 20.4 Å². The zero-order chi connectivity index (χ0) is 23.2. The Labute approximate surface area is 195 Å². The van der Waals surface area contributed by atoms with Gasteiger partial charge in [-0.3, -0.25) is 4.79 Å². The molecular weight excluding hydrogens is 416 g/mol. The number of carbonyl (C=O) groups excluding carboxylic acids is 1. The molecule has 1 aromatic heterocycles. The molecule has 3 aromatic rings. The van der Waals surface area contributed by atoms with Crippen molar-refractivity contribution in [3.63, 3.8) is 0 Å². The maximum atomic E-state index is 12.2. The van der Waals surface area contributed by atoms with Crippen LogP contribution in [0.3, 0.4) is 0 Å². The van der Waals surface area contributed by atoms with Gasteiger partial charge in [0.1, 0.15) is 0 Å². The van der Waals surface area contributed by atoms with Crippen LogP contribution in [-0.4, -0.2) is 42.8 Å². The minimum absolute atomic E-state index is 0.336. The van der Waals surface area contributed by atoms with Gasteiger partial charge in [0, 0.05) is 30.6 Å². The maximum absolute atomic E-state index is 12.2. The fourth-order valence-corrected chi connectivity index (χ4v) is 5.05. The van der Waals surface area contributed by atoms with Gasteiger partial charge >= 0.3 is 0 Å². The third-order valence-corrected chi connectivity index (χ3v) is 6.64. The largest absolute Gasteiger partial charge is 0.493 e. The number of carbonyl (C=O) groups is 1. The molecule has 0 bridgehead atoms. The SMILES string of the molecule is COc1ccc(CCN2C(=O)C[C@H]3C[C@@H](C)CC32)cc1OC.c1ccc(-c2ccno2)cc1. The number of rotatable bonds is 6. The van der Waals surface area contributed by atoms with Crippen LogP contribution in [-0.2, 0) is 11.2 Å². The van der Waals surface area contributed by atoms with Crippen molar-refractivity contribution >= 4 is 5.91 Å². The van der Waals surface area contributed by atoms with Gasteiger partial charge in [0.2, 0.25) is 5.91 Å². The Hall–Kier alpha value is -3.28. The predicted octanol–water partition coefficient (Wildman–Crippen LogP) is 5.23. The Bertz CT molecular complexity index is 1040. The summed E-state index contributed by atoms with van der Waals surface area (Å²) in [6, 6.07) is 18.2. The van der Waals surface area contributed by atoms with Crippen molar-refractivity contribution in [3.05, 3.63) is 66.4 Å². The topological polar surface area (TPSA) is 64.8 Å². The third-order valence-electron chi connectivity index (χ3n) is 6.64. The van der Waals surface area contributed by atoms with E-state index in [1.807, 2.05) is 48.5 Å². The maximum Gasteiger partial charge on any atom is 0.223 e. The molecule has 3 atom stereocenters. The first kappa shape index (κ1) is 22.9. The molecule has 0 spiro atoms. The fourth-order valence-electron chi connectivity index (χ4n) is 5.05. The van der Waals surface area contributed by atoms with Gasteiger partial charge < -0.3 is 18.9 Å². The molecule has 2 heterocycles. The van der Waals surface area contributed by atoms with Gasteiger partial charge in [-0.1, -0.05) is 48.5 Å². The Balaban J connectivity index is 0.000000196. The molecule has 6 nitrogen and oxygen atoms in total. The lowest BCUT2D eigenvalue weighted by Crippen LogP contribution is -2.35. The number of amides is 1. The summed E-state index contributed by atoms with van der Waals surface area (Å²) in [6.45, 7) is 3.11. The molecule has 1 aliphatic carbocycles. The minimum Gasteiger partial charge on any atom is -0.493 e. The number of benzene rings is 2. The molecule has 6 heteroatoms. The van der Waals surface area contributed by atoms with Crippen LogP contribution in [0.5, 0.6) is 11.5 Å². The minimum atomic E-state index is 0.336. The Morgan fingerprint density at radius 1 is 1.03 bits per heavy atom. The van der Waals surface area contributed by atoms with Crippen LogP contribution in [0.1, 0.15) is 31.7 Å². The molecule has 0 radical (unpaired) electrons. The number of hydrogen-bond acceptors (Lipinski definition) is 5. The van der Waals surface area contributed by atoms with Crippen molar-refractivity contribution in [1.29, 1.82) is 0 Å². The van der Waals surface area contributed by atoms with Crippen LogP contribution in [0.25, 0.3) is 11.3 Å². The highest BCUT2D eigenvalue weighted by Gasteiger charge is 2.44. The summed E-state index contributed by atoms with van der Waals surface area (Å²) in [6.07, 6.45) is 5.64. The van der Waals surface area contributed by atoms with Gasteiger partial charge in [0.25, 0.3) is 0 Å². The molecule has 1 amide bonds. The predicted molar refractivity (Wildman–Crippen MR) is 127 cm³/mol. The molecule has 33 heavy (non-hydrogen) atoms. The van der Waals surface area contributed by atoms with Gasteiger partial charge in [0.15, 0.2) is 17.3 Å². The highest BCUT2D eigenvalue weighted by atomic mass is 16.5. The van der Waals surface area contributed by atoms with Gasteiger partial charge in [-0.05, 0) is 48.8 Å². The normalized spacial score (nSPS) is 21.4. The van der Waals surface area contributed by atoms with Crippen molar-refractivity contribution in [2.45, 2.75) is 38.6 Å². The van der Waals surface area contributed by atoms with Crippen LogP contribution >= 0.6 is 0 Å². The lowest BCUT2D eigenvalue weighted by molar-refractivity contribution is -0.129. The van der Waals surface area contributed by atoms with E-state index >= 15 is 0 Å². The average Bonchev–Trinajstić information content (AvgIpc) is 3.56. The van der Waals surface area contributed by atoms with Crippen molar-refractivity contribution in [1.82, 2.24) is 10.1 Å². The molecule has 2 aliphatic rings. The first-order valence-corrected chi connectivity index (χ1v) is 11.6. The monoisotopic (exact) mass is 448 g/mol. The summed E-state index contributed by atoms with van der Waals surface area (Å²) in [5.41, 5.74) is 2.24. The van der Waals surface area contributed by atoms with E-state index in [4.69, 9.17) is 14.0 Å². The zero-order valence-electron chi connectivity index (χ0n) is 19.6. The quantitative estimate of drug-likeness (QED) is 0.516. The summed E-state index contributed by atoms with van der Waals surface area (Å²) in [5, 5.41) is 3.62. The first-order valence-electron chi connectivity index (χ1n) is 11.6. The van der Waals surface area contributed by atoms with Gasteiger partial charge in [-0.25, -0.2) is 0 Å². The lowest BCUT2D eigenvalue weighted by atomic mass is 10.0. The average molecular weight is 449 g/mol. The van der Waals surface area contributed by atoms with E-state index in [0.717, 1.165) is 48.1 Å². The first-order chi connectivity index (χ1) is 16.1. The highest BCUT2D eigenvalue weighted by Crippen LogP contribution is 2.41. The Morgan fingerprint density at radius 2 is 1.82 bits per heavy atom. The van der Waals surface area contributed by atoms with Crippen LogP contribution in [0.15, 0.2) is 65.3 Å². The van der Waals surface area contributed by atoms with Crippen molar-refractivity contribution < 1.29 is 18.8 Å². The second-order valence-corrected chi connectivity index (χ2v) is 8.88. The molecule has 1 saturated heterocycles. The number of aromatic nitrogens is 1. The van der Waals surface area contributed by atoms with E-state index in [1.54, 1.807) is 20.4 Å². The number of hydrogen-bond donors (Lipinski definition) is 0. The molecular formula is C27H32N2O4. The summed E-state index contributed by atoms with van der Waals surface area (Å²) in [7, 11) is 3.29. The molecule has 1 saturated carbocycles. The molecule has 174 valence electrons. The van der Waals surface area contributed by atoms with Crippen LogP contribution < -0.4 is 9.47 Å². The third kappa shape index (κ3) is 5.38. The van der Waals surface area contributed by atoms with Gasteiger partial charge in [-0.2, -0.15) is 0 Å². The Kier molecular flexibility index (Phi) is 7.33. The molecule has 5 rings (SSSR count). The van der Waals surface area contributed by atoms with Crippen LogP contribution in [0.2, 0.25) is 0 Å². The van der Waals surface area contributed by atoms with E-state index in [1.165, 1.54) is 18.4 Å². The van der Waals surface area contributed by atoms with Crippen LogP contribution in [0.4, 0.5) is 0 Å². The van der Waals surface area contributed by atoms with Gasteiger partial charge in [-0.15, -0.1) is 0 Å². The van der Waals surface area contributed by atoms with E-state index < -0.39 is 0 Å². The van der Waals surface area contributed by atoms with Crippen molar-refractivity contribution in [3.8, 4) is 22.8 Å². The van der Waals surface area contributed by atoms with E-state index in [2.05, 4.69) is 23.0 Å². The summed E-state index contributed by atoms with van der Waals surface area (Å²) < 4.78 is 15.6. The van der Waals surface area contributed by atoms with Crippen LogP contribution in [0, 0.1) is 11.8 Å². The molecule has 2 aromatic carbocycles.